The number of benzene rings is 2. The van der Waals surface area contributed by atoms with Crippen LogP contribution in [0.5, 0.6) is 11.5 Å². The number of nitrogens with one attached hydrogen (secondary N) is 1. The zero-order valence-electron chi connectivity index (χ0n) is 16.9. The number of hydrogen-bond acceptors (Lipinski definition) is 6. The Kier molecular flexibility index (Phi) is 4.51. The molecule has 1 aliphatic heterocycles. The lowest BCUT2D eigenvalue weighted by atomic mass is 10.0. The number of hydrogen-bond donors (Lipinski definition) is 1. The monoisotopic (exact) mass is 420 g/mol. The molecule has 0 fully saturated rings. The van der Waals surface area contributed by atoms with Crippen molar-refractivity contribution in [2.75, 3.05) is 17.9 Å². The van der Waals surface area contributed by atoms with Gasteiger partial charge >= 0.3 is 0 Å². The summed E-state index contributed by atoms with van der Waals surface area (Å²) < 4.78 is 12.7. The van der Waals surface area contributed by atoms with Gasteiger partial charge in [-0.25, -0.2) is 0 Å². The Morgan fingerprint density at radius 3 is 2.70 bits per heavy atom. The molecule has 0 spiro atoms. The van der Waals surface area contributed by atoms with Gasteiger partial charge < -0.3 is 14.8 Å². The standard InChI is InChI=1S/C22H20N4O3S/c1-12-4-5-13(2)20-16(12)8-14(3)21-24-25-22(26(20)21)30-10-19(27)23-15-6-7-17-18(9-15)29-11-28-17/h4-9H,10-11H2,1-3H3,(H,23,27). The van der Waals surface area contributed by atoms with Crippen LogP contribution in [0.4, 0.5) is 5.69 Å². The number of amides is 1. The number of ether oxygens (including phenoxy) is 2. The number of carbonyl (C=O) groups is 1. The third kappa shape index (κ3) is 3.13. The van der Waals surface area contributed by atoms with Crippen LogP contribution < -0.4 is 14.8 Å². The molecule has 8 heteroatoms. The maximum Gasteiger partial charge on any atom is 0.234 e. The highest BCUT2D eigenvalue weighted by Crippen LogP contribution is 2.34. The molecule has 2 aromatic heterocycles. The minimum absolute atomic E-state index is 0.125. The van der Waals surface area contributed by atoms with E-state index in [4.69, 9.17) is 9.47 Å². The Hall–Kier alpha value is -3.26. The summed E-state index contributed by atoms with van der Waals surface area (Å²) in [6, 6.07) is 11.7. The Morgan fingerprint density at radius 1 is 1.03 bits per heavy atom. The van der Waals surface area contributed by atoms with Gasteiger partial charge in [0, 0.05) is 17.1 Å². The quantitative estimate of drug-likeness (QED) is 0.497. The predicted octanol–water partition coefficient (Wildman–Crippen LogP) is 4.27. The summed E-state index contributed by atoms with van der Waals surface area (Å²) >= 11 is 1.37. The molecule has 2 aromatic carbocycles. The van der Waals surface area contributed by atoms with Crippen molar-refractivity contribution in [3.05, 3.63) is 53.1 Å². The minimum Gasteiger partial charge on any atom is -0.454 e. The molecular formula is C22H20N4O3S. The van der Waals surface area contributed by atoms with Crippen molar-refractivity contribution in [3.8, 4) is 11.5 Å². The van der Waals surface area contributed by atoms with E-state index in [1.165, 1.54) is 22.7 Å². The molecule has 1 N–H and O–H groups in total. The van der Waals surface area contributed by atoms with E-state index < -0.39 is 0 Å². The van der Waals surface area contributed by atoms with E-state index in [0.29, 0.717) is 22.3 Å². The van der Waals surface area contributed by atoms with Gasteiger partial charge in [-0.3, -0.25) is 9.20 Å². The van der Waals surface area contributed by atoms with Crippen LogP contribution in [0, 0.1) is 20.8 Å². The molecular weight excluding hydrogens is 400 g/mol. The third-order valence-corrected chi connectivity index (χ3v) is 6.12. The van der Waals surface area contributed by atoms with E-state index in [-0.39, 0.29) is 18.5 Å². The highest BCUT2D eigenvalue weighted by Gasteiger charge is 2.17. The molecule has 0 radical (unpaired) electrons. The van der Waals surface area contributed by atoms with E-state index in [2.05, 4.69) is 52.0 Å². The first kappa shape index (κ1) is 18.7. The molecule has 152 valence electrons. The van der Waals surface area contributed by atoms with Crippen molar-refractivity contribution in [2.45, 2.75) is 25.9 Å². The summed E-state index contributed by atoms with van der Waals surface area (Å²) in [5.74, 6) is 1.41. The van der Waals surface area contributed by atoms with Gasteiger partial charge in [0.05, 0.1) is 11.3 Å². The van der Waals surface area contributed by atoms with Gasteiger partial charge in [-0.15, -0.1) is 10.2 Å². The van der Waals surface area contributed by atoms with Gasteiger partial charge in [0.15, 0.2) is 22.3 Å². The van der Waals surface area contributed by atoms with Crippen LogP contribution >= 0.6 is 11.8 Å². The van der Waals surface area contributed by atoms with Crippen LogP contribution in [0.1, 0.15) is 16.7 Å². The van der Waals surface area contributed by atoms with E-state index in [9.17, 15) is 4.79 Å². The van der Waals surface area contributed by atoms with Crippen LogP contribution in [-0.2, 0) is 4.79 Å². The summed E-state index contributed by atoms with van der Waals surface area (Å²) in [7, 11) is 0. The van der Waals surface area contributed by atoms with E-state index >= 15 is 0 Å². The third-order valence-electron chi connectivity index (χ3n) is 5.20. The minimum atomic E-state index is -0.125. The maximum atomic E-state index is 12.5. The number of pyridine rings is 1. The van der Waals surface area contributed by atoms with Gasteiger partial charge in [-0.2, -0.15) is 0 Å². The van der Waals surface area contributed by atoms with Gasteiger partial charge in [-0.1, -0.05) is 23.9 Å². The van der Waals surface area contributed by atoms with Gasteiger partial charge in [0.1, 0.15) is 0 Å². The normalized spacial score (nSPS) is 12.6. The van der Waals surface area contributed by atoms with E-state index in [0.717, 1.165) is 22.3 Å². The van der Waals surface area contributed by atoms with Crippen LogP contribution in [0.2, 0.25) is 0 Å². The molecule has 0 atom stereocenters. The SMILES string of the molecule is Cc1ccc(C)c2c1cc(C)c1nnc(SCC(=O)Nc3ccc4c(c3)OCO4)n12. The van der Waals surface area contributed by atoms with E-state index in [1.54, 1.807) is 18.2 Å². The number of anilines is 1. The second-order valence-electron chi connectivity index (χ2n) is 7.34. The number of thioether (sulfide) groups is 1. The average molecular weight is 420 g/mol. The average Bonchev–Trinajstić information content (AvgIpc) is 3.36. The van der Waals surface area contributed by atoms with Crippen molar-refractivity contribution >= 4 is 39.9 Å². The van der Waals surface area contributed by atoms with Crippen molar-refractivity contribution < 1.29 is 14.3 Å². The number of aryl methyl sites for hydroxylation is 3. The van der Waals surface area contributed by atoms with Crippen LogP contribution in [0.3, 0.4) is 0 Å². The molecule has 0 saturated heterocycles. The first-order valence-corrected chi connectivity index (χ1v) is 10.6. The Bertz CT molecular complexity index is 1320. The number of rotatable bonds is 4. The van der Waals surface area contributed by atoms with Crippen LogP contribution in [-0.4, -0.2) is 33.1 Å². The number of fused-ring (bicyclic) bond motifs is 4. The largest absolute Gasteiger partial charge is 0.454 e. The fourth-order valence-corrected chi connectivity index (χ4v) is 4.44. The van der Waals surface area contributed by atoms with E-state index in [1.807, 2.05) is 6.92 Å². The molecule has 1 aliphatic rings. The molecule has 30 heavy (non-hydrogen) atoms. The molecule has 7 nitrogen and oxygen atoms in total. The Balaban J connectivity index is 1.42. The highest BCUT2D eigenvalue weighted by atomic mass is 32.2. The summed E-state index contributed by atoms with van der Waals surface area (Å²) in [6.45, 7) is 6.42. The summed E-state index contributed by atoms with van der Waals surface area (Å²) in [5.41, 5.74) is 5.97. The molecule has 3 heterocycles. The second-order valence-corrected chi connectivity index (χ2v) is 8.28. The smallest absolute Gasteiger partial charge is 0.234 e. The molecule has 0 unspecified atom stereocenters. The first-order valence-electron chi connectivity index (χ1n) is 9.58. The van der Waals surface area contributed by atoms with Crippen molar-refractivity contribution in [1.29, 1.82) is 0 Å². The Morgan fingerprint density at radius 2 is 1.83 bits per heavy atom. The molecule has 1 amide bonds. The highest BCUT2D eigenvalue weighted by molar-refractivity contribution is 7.99. The van der Waals surface area contributed by atoms with Gasteiger partial charge in [0.25, 0.3) is 0 Å². The van der Waals surface area contributed by atoms with Crippen LogP contribution in [0.15, 0.2) is 41.6 Å². The van der Waals surface area contributed by atoms with Crippen molar-refractivity contribution in [1.82, 2.24) is 14.6 Å². The fourth-order valence-electron chi connectivity index (χ4n) is 3.70. The topological polar surface area (TPSA) is 77.8 Å². The summed E-state index contributed by atoms with van der Waals surface area (Å²) in [4.78, 5) is 12.5. The fraction of sp³-hybridized carbons (Fsp3) is 0.227. The molecule has 0 saturated carbocycles. The second kappa shape index (κ2) is 7.21. The maximum absolute atomic E-state index is 12.5. The first-order chi connectivity index (χ1) is 14.5. The molecule has 4 aromatic rings. The van der Waals surface area contributed by atoms with Gasteiger partial charge in [-0.05, 0) is 55.7 Å². The predicted molar refractivity (Wildman–Crippen MR) is 117 cm³/mol. The van der Waals surface area contributed by atoms with Gasteiger partial charge in [0.2, 0.25) is 12.7 Å². The van der Waals surface area contributed by atoms with Crippen LogP contribution in [0.25, 0.3) is 16.6 Å². The molecule has 5 rings (SSSR count). The Labute approximate surface area is 177 Å². The number of nitrogens with zero attached hydrogens (tertiary/aromatic N) is 3. The lowest BCUT2D eigenvalue weighted by molar-refractivity contribution is -0.113. The summed E-state index contributed by atoms with van der Waals surface area (Å²) in [5, 5.41) is 13.5. The van der Waals surface area contributed by atoms with Crippen molar-refractivity contribution in [3.63, 3.8) is 0 Å². The summed E-state index contributed by atoms with van der Waals surface area (Å²) in [6.07, 6.45) is 0. The molecule has 0 bridgehead atoms. The zero-order chi connectivity index (χ0) is 20.8. The number of aromatic nitrogens is 3. The zero-order valence-corrected chi connectivity index (χ0v) is 17.7. The lowest BCUT2D eigenvalue weighted by Crippen LogP contribution is -2.14. The number of carbonyl (C=O) groups excluding carboxylic acids is 1. The van der Waals surface area contributed by atoms with Crippen molar-refractivity contribution in [2.24, 2.45) is 0 Å². The lowest BCUT2D eigenvalue weighted by Gasteiger charge is -2.11. The molecule has 0 aliphatic carbocycles.